The number of rotatable bonds is 2. The van der Waals surface area contributed by atoms with Crippen molar-refractivity contribution in [2.75, 3.05) is 7.11 Å². The van der Waals surface area contributed by atoms with Gasteiger partial charge in [0.2, 0.25) is 0 Å². The average molecular weight is 220 g/mol. The summed E-state index contributed by atoms with van der Waals surface area (Å²) in [6.07, 6.45) is 1.01. The van der Waals surface area contributed by atoms with Crippen LogP contribution in [-0.4, -0.2) is 13.1 Å². The minimum absolute atomic E-state index is 0.255. The van der Waals surface area contributed by atoms with Crippen molar-refractivity contribution in [2.24, 2.45) is 0 Å². The Hall–Kier alpha value is -1.35. The number of hydrogen-bond acceptors (Lipinski definition) is 3. The Kier molecular flexibility index (Phi) is 2.73. The molecule has 1 heterocycles. The predicted octanol–water partition coefficient (Wildman–Crippen LogP) is 3.25. The van der Waals surface area contributed by atoms with E-state index in [1.807, 2.05) is 6.07 Å². The van der Waals surface area contributed by atoms with Gasteiger partial charge in [0.05, 0.1) is 7.11 Å². The van der Waals surface area contributed by atoms with Gasteiger partial charge in [-0.1, -0.05) is 19.1 Å². The first kappa shape index (κ1) is 10.2. The number of methoxy groups -OCH3 is 1. The molecule has 0 aliphatic carbocycles. The molecule has 78 valence electrons. The van der Waals surface area contributed by atoms with Crippen molar-refractivity contribution >= 4 is 27.4 Å². The van der Waals surface area contributed by atoms with Crippen molar-refractivity contribution in [1.82, 2.24) is 0 Å². The van der Waals surface area contributed by atoms with Gasteiger partial charge in [-0.15, -0.1) is 11.3 Å². The van der Waals surface area contributed by atoms with Gasteiger partial charge in [0, 0.05) is 4.70 Å². The molecular weight excluding hydrogens is 208 g/mol. The lowest BCUT2D eigenvalue weighted by atomic mass is 10.1. The van der Waals surface area contributed by atoms with Gasteiger partial charge in [-0.25, -0.2) is 4.79 Å². The molecule has 2 rings (SSSR count). The molecule has 0 unspecified atom stereocenters. The van der Waals surface area contributed by atoms with Gasteiger partial charge in [0.25, 0.3) is 0 Å². The van der Waals surface area contributed by atoms with Crippen LogP contribution in [-0.2, 0) is 11.2 Å². The van der Waals surface area contributed by atoms with E-state index < -0.39 is 0 Å². The van der Waals surface area contributed by atoms with Crippen LogP contribution in [0.5, 0.6) is 0 Å². The summed E-state index contributed by atoms with van der Waals surface area (Å²) in [4.78, 5) is 12.0. The summed E-state index contributed by atoms with van der Waals surface area (Å²) < 4.78 is 5.83. The third-order valence-electron chi connectivity index (χ3n) is 2.38. The molecule has 0 radical (unpaired) electrons. The maximum Gasteiger partial charge on any atom is 0.348 e. The highest BCUT2D eigenvalue weighted by Crippen LogP contribution is 2.27. The van der Waals surface area contributed by atoms with E-state index in [9.17, 15) is 4.79 Å². The standard InChI is InChI=1S/C12H12O2S/c1-3-8-4-5-10-9(6-8)7-11(15-10)12(13)14-2/h4-7H,3H2,1-2H3. The molecular formula is C12H12O2S. The molecule has 2 nitrogen and oxygen atoms in total. The van der Waals surface area contributed by atoms with Crippen LogP contribution in [0.15, 0.2) is 24.3 Å². The third kappa shape index (κ3) is 1.88. The maximum atomic E-state index is 11.3. The second-order valence-electron chi connectivity index (χ2n) is 3.33. The summed E-state index contributed by atoms with van der Waals surface area (Å²) in [5.41, 5.74) is 1.29. The molecule has 0 saturated heterocycles. The Labute approximate surface area is 92.5 Å². The van der Waals surface area contributed by atoms with E-state index in [4.69, 9.17) is 4.74 Å². The fourth-order valence-corrected chi connectivity index (χ4v) is 2.48. The predicted molar refractivity (Wildman–Crippen MR) is 62.5 cm³/mol. The van der Waals surface area contributed by atoms with E-state index in [1.54, 1.807) is 0 Å². The molecule has 0 saturated carbocycles. The van der Waals surface area contributed by atoms with Crippen LogP contribution in [0.1, 0.15) is 22.2 Å². The number of ether oxygens (including phenoxy) is 1. The summed E-state index contributed by atoms with van der Waals surface area (Å²) in [5, 5.41) is 1.12. The van der Waals surface area contributed by atoms with Gasteiger partial charge < -0.3 is 4.74 Å². The van der Waals surface area contributed by atoms with Crippen molar-refractivity contribution in [3.05, 3.63) is 34.7 Å². The number of benzene rings is 1. The first-order chi connectivity index (χ1) is 7.24. The molecule has 0 amide bonds. The van der Waals surface area contributed by atoms with Gasteiger partial charge >= 0.3 is 5.97 Å². The molecule has 0 spiro atoms. The Morgan fingerprint density at radius 1 is 1.40 bits per heavy atom. The Balaban J connectivity index is 2.51. The van der Waals surface area contributed by atoms with Crippen LogP contribution < -0.4 is 0 Å². The Morgan fingerprint density at radius 3 is 2.87 bits per heavy atom. The summed E-state index contributed by atoms with van der Waals surface area (Å²) in [7, 11) is 1.41. The third-order valence-corrected chi connectivity index (χ3v) is 3.47. The van der Waals surface area contributed by atoms with Crippen LogP contribution in [0.3, 0.4) is 0 Å². The monoisotopic (exact) mass is 220 g/mol. The zero-order valence-corrected chi connectivity index (χ0v) is 9.56. The van der Waals surface area contributed by atoms with Gasteiger partial charge in [0.1, 0.15) is 4.88 Å². The van der Waals surface area contributed by atoms with Gasteiger partial charge in [-0.05, 0) is 29.5 Å². The first-order valence-electron chi connectivity index (χ1n) is 4.85. The zero-order valence-electron chi connectivity index (χ0n) is 8.74. The quantitative estimate of drug-likeness (QED) is 0.726. The van der Waals surface area contributed by atoms with Crippen LogP contribution in [0, 0.1) is 0 Å². The van der Waals surface area contributed by atoms with Crippen molar-refractivity contribution in [3.8, 4) is 0 Å². The van der Waals surface area contributed by atoms with E-state index in [1.165, 1.54) is 24.0 Å². The smallest absolute Gasteiger partial charge is 0.348 e. The van der Waals surface area contributed by atoms with E-state index in [0.717, 1.165) is 16.5 Å². The minimum Gasteiger partial charge on any atom is -0.465 e. The molecule has 15 heavy (non-hydrogen) atoms. The second kappa shape index (κ2) is 4.03. The number of aryl methyl sites for hydroxylation is 1. The summed E-state index contributed by atoms with van der Waals surface area (Å²) >= 11 is 1.47. The number of hydrogen-bond donors (Lipinski definition) is 0. The average Bonchev–Trinajstić information content (AvgIpc) is 2.70. The number of fused-ring (bicyclic) bond motifs is 1. The molecule has 0 aliphatic heterocycles. The van der Waals surface area contributed by atoms with Crippen LogP contribution in [0.25, 0.3) is 10.1 Å². The number of esters is 1. The van der Waals surface area contributed by atoms with Crippen molar-refractivity contribution in [3.63, 3.8) is 0 Å². The number of carbonyl (C=O) groups is 1. The number of carbonyl (C=O) groups excluding carboxylic acids is 1. The first-order valence-corrected chi connectivity index (χ1v) is 5.67. The maximum absolute atomic E-state index is 11.3. The summed E-state index contributed by atoms with van der Waals surface area (Å²) in [5.74, 6) is -0.255. The second-order valence-corrected chi connectivity index (χ2v) is 4.41. The van der Waals surface area contributed by atoms with E-state index in [-0.39, 0.29) is 5.97 Å². The Bertz CT molecular complexity index is 499. The fourth-order valence-electron chi connectivity index (χ4n) is 1.51. The van der Waals surface area contributed by atoms with Gasteiger partial charge in [-0.3, -0.25) is 0 Å². The lowest BCUT2D eigenvalue weighted by molar-refractivity contribution is 0.0606. The highest BCUT2D eigenvalue weighted by molar-refractivity contribution is 7.20. The molecule has 2 aromatic rings. The molecule has 1 aromatic carbocycles. The van der Waals surface area contributed by atoms with Crippen molar-refractivity contribution in [1.29, 1.82) is 0 Å². The summed E-state index contributed by atoms with van der Waals surface area (Å²) in [6.45, 7) is 2.12. The normalized spacial score (nSPS) is 10.5. The molecule has 0 atom stereocenters. The van der Waals surface area contributed by atoms with E-state index in [2.05, 4.69) is 25.1 Å². The summed E-state index contributed by atoms with van der Waals surface area (Å²) in [6, 6.07) is 8.18. The van der Waals surface area contributed by atoms with Gasteiger partial charge in [-0.2, -0.15) is 0 Å². The van der Waals surface area contributed by atoms with Crippen molar-refractivity contribution in [2.45, 2.75) is 13.3 Å². The topological polar surface area (TPSA) is 26.3 Å². The molecule has 0 N–H and O–H groups in total. The van der Waals surface area contributed by atoms with E-state index >= 15 is 0 Å². The SMILES string of the molecule is CCc1ccc2sc(C(=O)OC)cc2c1. The van der Waals surface area contributed by atoms with Crippen LogP contribution >= 0.6 is 11.3 Å². The van der Waals surface area contributed by atoms with Crippen molar-refractivity contribution < 1.29 is 9.53 Å². The molecule has 1 aromatic heterocycles. The van der Waals surface area contributed by atoms with E-state index in [0.29, 0.717) is 4.88 Å². The Morgan fingerprint density at radius 2 is 2.20 bits per heavy atom. The number of thiophene rings is 1. The lowest BCUT2D eigenvalue weighted by Crippen LogP contribution is -1.96. The largest absolute Gasteiger partial charge is 0.465 e. The van der Waals surface area contributed by atoms with Crippen LogP contribution in [0.4, 0.5) is 0 Å². The highest BCUT2D eigenvalue weighted by atomic mass is 32.1. The zero-order chi connectivity index (χ0) is 10.8. The fraction of sp³-hybridized carbons (Fsp3) is 0.250. The molecule has 0 aliphatic rings. The van der Waals surface area contributed by atoms with Gasteiger partial charge in [0.15, 0.2) is 0 Å². The molecule has 0 bridgehead atoms. The highest BCUT2D eigenvalue weighted by Gasteiger charge is 2.09. The van der Waals surface area contributed by atoms with Crippen LogP contribution in [0.2, 0.25) is 0 Å². The lowest BCUT2D eigenvalue weighted by Gasteiger charge is -1.94. The minimum atomic E-state index is -0.255. The molecule has 0 fully saturated rings. The molecule has 3 heteroatoms.